The average molecular weight is 363 g/mol. The summed E-state index contributed by atoms with van der Waals surface area (Å²) in [7, 11) is 2.08. The Morgan fingerprint density at radius 3 is 2.78 bits per heavy atom. The molecule has 1 aliphatic rings. The van der Waals surface area contributed by atoms with Gasteiger partial charge in [-0.25, -0.2) is 0 Å². The maximum atomic E-state index is 12.8. The van der Waals surface area contributed by atoms with Crippen LogP contribution in [0.1, 0.15) is 30.2 Å². The van der Waals surface area contributed by atoms with Gasteiger partial charge in [-0.05, 0) is 44.5 Å². The number of aromatic hydroxyl groups is 1. The monoisotopic (exact) mass is 363 g/mol. The van der Waals surface area contributed by atoms with Crippen molar-refractivity contribution in [3.05, 3.63) is 76.2 Å². The second-order valence-corrected chi connectivity index (χ2v) is 6.87. The number of phenolic OH excluding ortho intramolecular Hbond substituents is 1. The summed E-state index contributed by atoms with van der Waals surface area (Å²) in [6.45, 7) is 9.37. The van der Waals surface area contributed by atoms with Gasteiger partial charge in [0.25, 0.3) is 0 Å². The van der Waals surface area contributed by atoms with Crippen LogP contribution in [0.4, 0.5) is 0 Å². The van der Waals surface area contributed by atoms with Gasteiger partial charge in [0, 0.05) is 30.3 Å². The van der Waals surface area contributed by atoms with E-state index in [4.69, 9.17) is 4.42 Å². The van der Waals surface area contributed by atoms with Gasteiger partial charge in [-0.15, -0.1) is 0 Å². The molecule has 0 unspecified atom stereocenters. The Balaban J connectivity index is 2.34. The highest BCUT2D eigenvalue weighted by Gasteiger charge is 2.21. The Labute approximate surface area is 159 Å². The molecule has 0 bridgehead atoms. The average Bonchev–Trinajstić information content (AvgIpc) is 2.62. The zero-order valence-corrected chi connectivity index (χ0v) is 16.1. The molecule has 0 atom stereocenters. The lowest BCUT2D eigenvalue weighted by molar-refractivity contribution is 0.370. The van der Waals surface area contributed by atoms with Crippen molar-refractivity contribution in [2.75, 3.05) is 20.1 Å². The number of benzene rings is 1. The molecule has 0 saturated carbocycles. The molecule has 2 aromatic rings. The first-order chi connectivity index (χ1) is 13.0. The van der Waals surface area contributed by atoms with Crippen LogP contribution in [0.5, 0.6) is 5.75 Å². The van der Waals surface area contributed by atoms with Crippen LogP contribution in [-0.2, 0) is 0 Å². The smallest absolute Gasteiger partial charge is 0.197 e. The molecule has 1 aromatic heterocycles. The number of fused-ring (bicyclic) bond motifs is 1. The quantitative estimate of drug-likeness (QED) is 0.802. The highest BCUT2D eigenvalue weighted by atomic mass is 16.3. The fourth-order valence-corrected chi connectivity index (χ4v) is 3.51. The molecule has 0 saturated heterocycles. The van der Waals surface area contributed by atoms with Crippen molar-refractivity contribution in [2.24, 2.45) is 0 Å². The highest BCUT2D eigenvalue weighted by molar-refractivity contribution is 5.95. The van der Waals surface area contributed by atoms with Crippen molar-refractivity contribution in [3.8, 4) is 5.75 Å². The molecule has 0 amide bonds. The van der Waals surface area contributed by atoms with Gasteiger partial charge in [0.1, 0.15) is 22.5 Å². The van der Waals surface area contributed by atoms with Crippen LogP contribution in [0, 0.1) is 6.92 Å². The first-order valence-electron chi connectivity index (χ1n) is 9.10. The molecule has 27 heavy (non-hydrogen) atoms. The van der Waals surface area contributed by atoms with Crippen molar-refractivity contribution < 1.29 is 9.52 Å². The molecule has 2 heterocycles. The van der Waals surface area contributed by atoms with Crippen molar-refractivity contribution in [1.29, 1.82) is 0 Å². The number of allylic oxidation sites excluding steroid dienone is 5. The highest BCUT2D eigenvalue weighted by Crippen LogP contribution is 2.36. The molecule has 140 valence electrons. The van der Waals surface area contributed by atoms with E-state index in [0.29, 0.717) is 11.3 Å². The second kappa shape index (κ2) is 7.80. The van der Waals surface area contributed by atoms with Gasteiger partial charge in [0.05, 0.1) is 0 Å². The molecule has 0 aliphatic carbocycles. The van der Waals surface area contributed by atoms with Crippen molar-refractivity contribution >= 4 is 22.1 Å². The van der Waals surface area contributed by atoms with Gasteiger partial charge < -0.3 is 14.4 Å². The number of hydrogen-bond acceptors (Lipinski definition) is 4. The van der Waals surface area contributed by atoms with E-state index < -0.39 is 0 Å². The number of aryl methyl sites for hydroxylation is 1. The van der Waals surface area contributed by atoms with Gasteiger partial charge in [-0.3, -0.25) is 4.79 Å². The van der Waals surface area contributed by atoms with Crippen LogP contribution >= 0.6 is 0 Å². The van der Waals surface area contributed by atoms with Crippen LogP contribution in [0.3, 0.4) is 0 Å². The number of rotatable bonds is 4. The predicted octanol–water partition coefficient (Wildman–Crippen LogP) is 4.67. The molecule has 1 aliphatic heterocycles. The summed E-state index contributed by atoms with van der Waals surface area (Å²) in [5.74, 6) is 0.422. The summed E-state index contributed by atoms with van der Waals surface area (Å²) < 4.78 is 6.20. The Morgan fingerprint density at radius 1 is 1.37 bits per heavy atom. The fourth-order valence-electron chi connectivity index (χ4n) is 3.51. The number of phenols is 1. The van der Waals surface area contributed by atoms with E-state index in [-0.39, 0.29) is 16.6 Å². The molecule has 3 rings (SSSR count). The van der Waals surface area contributed by atoms with E-state index in [0.717, 1.165) is 41.8 Å². The predicted molar refractivity (Wildman–Crippen MR) is 112 cm³/mol. The van der Waals surface area contributed by atoms with Crippen LogP contribution in [0.15, 0.2) is 58.3 Å². The minimum Gasteiger partial charge on any atom is -0.507 e. The third-order valence-corrected chi connectivity index (χ3v) is 4.84. The topological polar surface area (TPSA) is 53.7 Å². The van der Waals surface area contributed by atoms with E-state index in [1.165, 1.54) is 6.07 Å². The Bertz CT molecular complexity index is 1040. The van der Waals surface area contributed by atoms with Crippen molar-refractivity contribution in [2.45, 2.75) is 20.3 Å². The summed E-state index contributed by atoms with van der Waals surface area (Å²) in [6.07, 6.45) is 10.3. The minimum absolute atomic E-state index is 0.0413. The Morgan fingerprint density at radius 2 is 2.15 bits per heavy atom. The summed E-state index contributed by atoms with van der Waals surface area (Å²) in [5, 5.41) is 10.6. The number of nitrogens with zero attached hydrogens (tertiary/aromatic N) is 1. The van der Waals surface area contributed by atoms with Gasteiger partial charge in [0.15, 0.2) is 5.43 Å². The Hall–Kier alpha value is -2.85. The summed E-state index contributed by atoms with van der Waals surface area (Å²) in [5.41, 5.74) is 3.92. The van der Waals surface area contributed by atoms with Crippen LogP contribution in [-0.4, -0.2) is 30.1 Å². The number of hydrogen-bond donors (Lipinski definition) is 1. The molecule has 0 radical (unpaired) electrons. The SMILES string of the molecule is C=C/C=C(\C=C/C)c1cc(=O)c2c(O)cc(C)c(C3=CCN(C)CC3)c2o1. The third kappa shape index (κ3) is 3.67. The first-order valence-corrected chi connectivity index (χ1v) is 9.10. The fraction of sp³-hybridized carbons (Fsp3) is 0.261. The van der Waals surface area contributed by atoms with Gasteiger partial charge in [-0.1, -0.05) is 37.0 Å². The standard InChI is InChI=1S/C23H25NO3/c1-5-7-16(8-6-2)20-14-19(26)22-18(25)13-15(3)21(23(22)27-20)17-9-11-24(4)12-10-17/h5-9,13-14,25H,1,10-12H2,2-4H3/b8-6-,16-7+. The lowest BCUT2D eigenvalue weighted by Crippen LogP contribution is -2.24. The summed E-state index contributed by atoms with van der Waals surface area (Å²) >= 11 is 0. The zero-order valence-electron chi connectivity index (χ0n) is 16.1. The summed E-state index contributed by atoms with van der Waals surface area (Å²) in [6, 6.07) is 3.08. The van der Waals surface area contributed by atoms with E-state index >= 15 is 0 Å². The van der Waals surface area contributed by atoms with E-state index in [9.17, 15) is 9.90 Å². The van der Waals surface area contributed by atoms with Crippen LogP contribution < -0.4 is 5.43 Å². The minimum atomic E-state index is -0.252. The van der Waals surface area contributed by atoms with E-state index in [1.54, 1.807) is 18.2 Å². The Kier molecular flexibility index (Phi) is 5.47. The van der Waals surface area contributed by atoms with Gasteiger partial charge in [-0.2, -0.15) is 0 Å². The van der Waals surface area contributed by atoms with E-state index in [2.05, 4.69) is 24.6 Å². The lowest BCUT2D eigenvalue weighted by atomic mass is 9.93. The molecule has 4 heteroatoms. The van der Waals surface area contributed by atoms with Crippen LogP contribution in [0.2, 0.25) is 0 Å². The van der Waals surface area contributed by atoms with Crippen molar-refractivity contribution in [1.82, 2.24) is 4.90 Å². The second-order valence-electron chi connectivity index (χ2n) is 6.87. The van der Waals surface area contributed by atoms with E-state index in [1.807, 2.05) is 26.0 Å². The lowest BCUT2D eigenvalue weighted by Gasteiger charge is -2.23. The zero-order chi connectivity index (χ0) is 19.6. The van der Waals surface area contributed by atoms with Gasteiger partial charge in [0.2, 0.25) is 0 Å². The third-order valence-electron chi connectivity index (χ3n) is 4.84. The molecular weight excluding hydrogens is 338 g/mol. The first kappa shape index (κ1) is 18.9. The molecule has 4 nitrogen and oxygen atoms in total. The maximum Gasteiger partial charge on any atom is 0.197 e. The molecule has 1 N–H and O–H groups in total. The molecular formula is C23H25NO3. The number of likely N-dealkylation sites (N-methyl/N-ethyl adjacent to an activating group) is 1. The van der Waals surface area contributed by atoms with Crippen molar-refractivity contribution in [3.63, 3.8) is 0 Å². The normalized spacial score (nSPS) is 16.1. The molecule has 1 aromatic carbocycles. The van der Waals surface area contributed by atoms with Crippen LogP contribution in [0.25, 0.3) is 22.1 Å². The summed E-state index contributed by atoms with van der Waals surface area (Å²) in [4.78, 5) is 15.0. The molecule has 0 fully saturated rings. The maximum absolute atomic E-state index is 12.8. The van der Waals surface area contributed by atoms with Gasteiger partial charge >= 0.3 is 0 Å². The largest absolute Gasteiger partial charge is 0.507 e. The molecule has 0 spiro atoms.